The molecule has 5 heteroatoms. The molecule has 2 amide bonds. The van der Waals surface area contributed by atoms with Crippen LogP contribution >= 0.6 is 0 Å². The number of carbonyl (C=O) groups is 2. The average molecular weight is 297 g/mol. The quantitative estimate of drug-likeness (QED) is 0.748. The molecule has 0 aromatic carbocycles. The van der Waals surface area contributed by atoms with E-state index < -0.39 is 5.41 Å². The lowest BCUT2D eigenvalue weighted by Gasteiger charge is -2.37. The smallest absolute Gasteiger partial charge is 0.227 e. The Bertz CT molecular complexity index is 345. The van der Waals surface area contributed by atoms with Crippen molar-refractivity contribution in [3.05, 3.63) is 0 Å². The molecule has 0 heterocycles. The minimum Gasteiger partial charge on any atom is -0.355 e. The molecule has 0 saturated heterocycles. The van der Waals surface area contributed by atoms with Gasteiger partial charge in [0.15, 0.2) is 0 Å². The molecule has 3 N–H and O–H groups in total. The highest BCUT2D eigenvalue weighted by atomic mass is 16.2. The van der Waals surface area contributed by atoms with Crippen LogP contribution in [0.5, 0.6) is 0 Å². The molecule has 5 nitrogen and oxygen atoms in total. The van der Waals surface area contributed by atoms with Crippen molar-refractivity contribution in [2.75, 3.05) is 26.2 Å². The number of hydrogen-bond donors (Lipinski definition) is 2. The highest BCUT2D eigenvalue weighted by Crippen LogP contribution is 2.38. The lowest BCUT2D eigenvalue weighted by Crippen LogP contribution is -2.48. The molecule has 122 valence electrons. The molecule has 0 aromatic heterocycles. The monoisotopic (exact) mass is 297 g/mol. The Kier molecular flexibility index (Phi) is 7.15. The first-order valence-corrected chi connectivity index (χ1v) is 8.25. The Morgan fingerprint density at radius 3 is 2.29 bits per heavy atom. The fourth-order valence-electron chi connectivity index (χ4n) is 3.04. The van der Waals surface area contributed by atoms with Crippen molar-refractivity contribution < 1.29 is 9.59 Å². The van der Waals surface area contributed by atoms with E-state index in [0.717, 1.165) is 25.7 Å². The minimum absolute atomic E-state index is 0.0317. The lowest BCUT2D eigenvalue weighted by molar-refractivity contribution is -0.133. The summed E-state index contributed by atoms with van der Waals surface area (Å²) in [5, 5.41) is 2.93. The number of carbonyl (C=O) groups excluding carboxylic acids is 2. The van der Waals surface area contributed by atoms with E-state index >= 15 is 0 Å². The van der Waals surface area contributed by atoms with E-state index in [1.807, 2.05) is 13.8 Å². The summed E-state index contributed by atoms with van der Waals surface area (Å²) in [5.41, 5.74) is 5.46. The second kappa shape index (κ2) is 8.37. The third-order valence-corrected chi connectivity index (χ3v) is 4.84. The summed E-state index contributed by atoms with van der Waals surface area (Å²) < 4.78 is 0. The molecule has 0 atom stereocenters. The summed E-state index contributed by atoms with van der Waals surface area (Å²) in [4.78, 5) is 26.1. The van der Waals surface area contributed by atoms with Crippen LogP contribution in [0.4, 0.5) is 0 Å². The summed E-state index contributed by atoms with van der Waals surface area (Å²) in [5.74, 6) is 0.810. The van der Waals surface area contributed by atoms with Gasteiger partial charge in [0.05, 0.1) is 5.41 Å². The van der Waals surface area contributed by atoms with Crippen molar-refractivity contribution in [3.63, 3.8) is 0 Å². The lowest BCUT2D eigenvalue weighted by atomic mass is 9.70. The molecule has 0 radical (unpaired) electrons. The number of nitrogens with zero attached hydrogens (tertiary/aromatic N) is 1. The van der Waals surface area contributed by atoms with Crippen molar-refractivity contribution in [1.82, 2.24) is 10.2 Å². The minimum atomic E-state index is -0.412. The zero-order valence-electron chi connectivity index (χ0n) is 13.8. The molecule has 1 aliphatic carbocycles. The van der Waals surface area contributed by atoms with Gasteiger partial charge in [-0.3, -0.25) is 9.59 Å². The van der Waals surface area contributed by atoms with Gasteiger partial charge in [0, 0.05) is 32.6 Å². The second-order valence-corrected chi connectivity index (χ2v) is 6.24. The summed E-state index contributed by atoms with van der Waals surface area (Å²) in [6.45, 7) is 8.39. The van der Waals surface area contributed by atoms with Gasteiger partial charge < -0.3 is 16.0 Å². The molecule has 1 rings (SSSR count). The maximum absolute atomic E-state index is 12.4. The highest BCUT2D eigenvalue weighted by molar-refractivity contribution is 5.84. The maximum Gasteiger partial charge on any atom is 0.227 e. The van der Waals surface area contributed by atoms with E-state index in [2.05, 4.69) is 12.2 Å². The van der Waals surface area contributed by atoms with Gasteiger partial charge in [0.25, 0.3) is 0 Å². The largest absolute Gasteiger partial charge is 0.355 e. The summed E-state index contributed by atoms with van der Waals surface area (Å²) >= 11 is 0. The summed E-state index contributed by atoms with van der Waals surface area (Å²) in [6.07, 6.45) is 4.21. The number of rotatable bonds is 7. The Morgan fingerprint density at radius 1 is 1.24 bits per heavy atom. The van der Waals surface area contributed by atoms with E-state index in [1.54, 1.807) is 4.90 Å². The number of nitrogens with two attached hydrogens (primary N) is 1. The molecule has 0 spiro atoms. The topological polar surface area (TPSA) is 75.4 Å². The SMILES string of the molecule is CCN(CC)C(=O)CCNC(=O)C1(CN)CCC(C)CC1. The van der Waals surface area contributed by atoms with Crippen molar-refractivity contribution in [2.45, 2.75) is 52.9 Å². The van der Waals surface area contributed by atoms with E-state index in [0.29, 0.717) is 38.5 Å². The van der Waals surface area contributed by atoms with Gasteiger partial charge in [-0.25, -0.2) is 0 Å². The van der Waals surface area contributed by atoms with Crippen LogP contribution in [0.25, 0.3) is 0 Å². The van der Waals surface area contributed by atoms with E-state index in [4.69, 9.17) is 5.73 Å². The molecule has 0 aliphatic heterocycles. The Morgan fingerprint density at radius 2 is 1.81 bits per heavy atom. The van der Waals surface area contributed by atoms with Crippen LogP contribution < -0.4 is 11.1 Å². The molecule has 1 aliphatic rings. The molecule has 0 unspecified atom stereocenters. The Hall–Kier alpha value is -1.10. The van der Waals surface area contributed by atoms with Gasteiger partial charge in [-0.1, -0.05) is 6.92 Å². The van der Waals surface area contributed by atoms with Gasteiger partial charge >= 0.3 is 0 Å². The van der Waals surface area contributed by atoms with E-state index in [-0.39, 0.29) is 11.8 Å². The van der Waals surface area contributed by atoms with E-state index in [9.17, 15) is 9.59 Å². The van der Waals surface area contributed by atoms with Gasteiger partial charge in [-0.15, -0.1) is 0 Å². The molecule has 0 aromatic rings. The van der Waals surface area contributed by atoms with Gasteiger partial charge in [0.1, 0.15) is 0 Å². The van der Waals surface area contributed by atoms with Crippen LogP contribution in [0.1, 0.15) is 52.9 Å². The third-order valence-electron chi connectivity index (χ3n) is 4.84. The van der Waals surface area contributed by atoms with Crippen LogP contribution in [-0.4, -0.2) is 42.9 Å². The predicted molar refractivity (Wildman–Crippen MR) is 84.7 cm³/mol. The van der Waals surface area contributed by atoms with Gasteiger partial charge in [0.2, 0.25) is 11.8 Å². The summed E-state index contributed by atoms with van der Waals surface area (Å²) in [7, 11) is 0. The molecular weight excluding hydrogens is 266 g/mol. The standard InChI is InChI=1S/C16H31N3O2/c1-4-19(5-2)14(20)8-11-18-15(21)16(12-17)9-6-13(3)7-10-16/h13H,4-12,17H2,1-3H3,(H,18,21). The molecular formula is C16H31N3O2. The fraction of sp³-hybridized carbons (Fsp3) is 0.875. The highest BCUT2D eigenvalue weighted by Gasteiger charge is 2.39. The molecule has 1 fully saturated rings. The van der Waals surface area contributed by atoms with Crippen LogP contribution in [-0.2, 0) is 9.59 Å². The summed E-state index contributed by atoms with van der Waals surface area (Å²) in [6, 6.07) is 0. The third kappa shape index (κ3) is 4.70. The first-order chi connectivity index (χ1) is 9.99. The van der Waals surface area contributed by atoms with Crippen molar-refractivity contribution in [2.24, 2.45) is 17.1 Å². The van der Waals surface area contributed by atoms with Gasteiger partial charge in [-0.2, -0.15) is 0 Å². The molecule has 1 saturated carbocycles. The Balaban J connectivity index is 2.43. The fourth-order valence-corrected chi connectivity index (χ4v) is 3.04. The zero-order valence-corrected chi connectivity index (χ0v) is 13.8. The van der Waals surface area contributed by atoms with Crippen LogP contribution in [0.15, 0.2) is 0 Å². The normalized spacial score (nSPS) is 25.4. The second-order valence-electron chi connectivity index (χ2n) is 6.24. The molecule has 21 heavy (non-hydrogen) atoms. The van der Waals surface area contributed by atoms with Gasteiger partial charge in [-0.05, 0) is 45.4 Å². The van der Waals surface area contributed by atoms with Crippen LogP contribution in [0.2, 0.25) is 0 Å². The van der Waals surface area contributed by atoms with Crippen LogP contribution in [0.3, 0.4) is 0 Å². The zero-order chi connectivity index (χ0) is 15.9. The first kappa shape index (κ1) is 18.0. The number of amides is 2. The molecule has 0 bridgehead atoms. The van der Waals surface area contributed by atoms with Crippen molar-refractivity contribution >= 4 is 11.8 Å². The van der Waals surface area contributed by atoms with Crippen molar-refractivity contribution in [1.29, 1.82) is 0 Å². The van der Waals surface area contributed by atoms with Crippen molar-refractivity contribution in [3.8, 4) is 0 Å². The maximum atomic E-state index is 12.4. The number of nitrogens with one attached hydrogen (secondary N) is 1. The predicted octanol–water partition coefficient (Wildman–Crippen LogP) is 1.52. The first-order valence-electron chi connectivity index (χ1n) is 8.25. The van der Waals surface area contributed by atoms with Crippen LogP contribution in [0, 0.1) is 11.3 Å². The number of hydrogen-bond acceptors (Lipinski definition) is 3. The Labute approximate surface area is 128 Å². The van der Waals surface area contributed by atoms with E-state index in [1.165, 1.54) is 0 Å². The average Bonchev–Trinajstić information content (AvgIpc) is 2.49.